The zero-order valence-corrected chi connectivity index (χ0v) is 18.4. The number of aliphatic imine (C=N–C) groups is 1. The van der Waals surface area contributed by atoms with Crippen LogP contribution in [0.1, 0.15) is 38.2 Å². The molecule has 5 nitrogen and oxygen atoms in total. The third kappa shape index (κ3) is 5.33. The molecule has 3 rings (SSSR count). The van der Waals surface area contributed by atoms with Crippen LogP contribution in [0, 0.1) is 11.7 Å². The monoisotopic (exact) mass is 489 g/mol. The van der Waals surface area contributed by atoms with Crippen LogP contribution in [0.2, 0.25) is 0 Å². The Morgan fingerprint density at radius 1 is 1.30 bits per heavy atom. The molecular formula is C20H29FIN3O2. The molecule has 1 N–H and O–H groups in total. The van der Waals surface area contributed by atoms with Gasteiger partial charge >= 0.3 is 5.97 Å². The van der Waals surface area contributed by atoms with Crippen molar-refractivity contribution >= 4 is 35.9 Å². The second kappa shape index (κ2) is 9.71. The fraction of sp³-hybridized carbons (Fsp3) is 0.600. The Bertz CT molecular complexity index is 654. The number of benzene rings is 1. The first-order chi connectivity index (χ1) is 12.6. The van der Waals surface area contributed by atoms with Crippen LogP contribution in [0.4, 0.5) is 4.39 Å². The van der Waals surface area contributed by atoms with Gasteiger partial charge in [-0.2, -0.15) is 0 Å². The minimum atomic E-state index is -0.199. The Hall–Kier alpha value is -1.38. The summed E-state index contributed by atoms with van der Waals surface area (Å²) in [6.45, 7) is 5.17. The number of hydrogen-bond acceptors (Lipinski definition) is 3. The maximum Gasteiger partial charge on any atom is 0.308 e. The first kappa shape index (κ1) is 21.9. The summed E-state index contributed by atoms with van der Waals surface area (Å²) < 4.78 is 18.1. The summed E-state index contributed by atoms with van der Waals surface area (Å²) in [6.07, 6.45) is 3.76. The molecule has 7 heteroatoms. The molecule has 0 spiro atoms. The number of halogens is 2. The number of carbonyl (C=O) groups is 1. The van der Waals surface area contributed by atoms with E-state index in [1.807, 2.05) is 12.1 Å². The molecule has 2 aliphatic rings. The van der Waals surface area contributed by atoms with Gasteiger partial charge in [0.05, 0.1) is 19.6 Å². The maximum absolute atomic E-state index is 13.2. The Morgan fingerprint density at radius 3 is 2.44 bits per heavy atom. The standard InChI is InChI=1S/C20H28FN3O2.HI/c1-3-22-19(24-12-8-15(9-13-24)18(25)26-2)23-14-20(10-11-20)16-4-6-17(21)7-5-16;/h4-7,15H,3,8-14H2,1-2H3,(H,22,23);1H. The lowest BCUT2D eigenvalue weighted by atomic mass is 9.96. The van der Waals surface area contributed by atoms with Gasteiger partial charge in [-0.1, -0.05) is 12.1 Å². The highest BCUT2D eigenvalue weighted by Gasteiger charge is 2.44. The molecule has 1 saturated heterocycles. The highest BCUT2D eigenvalue weighted by atomic mass is 127. The van der Waals surface area contributed by atoms with Gasteiger partial charge < -0.3 is 15.0 Å². The van der Waals surface area contributed by atoms with Crippen molar-refractivity contribution in [3.05, 3.63) is 35.6 Å². The van der Waals surface area contributed by atoms with Crippen LogP contribution in [0.25, 0.3) is 0 Å². The van der Waals surface area contributed by atoms with Gasteiger partial charge in [-0.25, -0.2) is 4.39 Å². The number of piperidine rings is 1. The Balaban J connectivity index is 0.00000261. The lowest BCUT2D eigenvalue weighted by Crippen LogP contribution is -2.47. The van der Waals surface area contributed by atoms with Crippen LogP contribution in [-0.4, -0.2) is 50.1 Å². The number of esters is 1. The molecule has 1 saturated carbocycles. The highest BCUT2D eigenvalue weighted by Crippen LogP contribution is 2.48. The summed E-state index contributed by atoms with van der Waals surface area (Å²) in [6, 6.07) is 6.82. The number of nitrogens with zero attached hydrogens (tertiary/aromatic N) is 2. The van der Waals surface area contributed by atoms with Crippen LogP contribution in [0.15, 0.2) is 29.3 Å². The number of hydrogen-bond donors (Lipinski definition) is 1. The van der Waals surface area contributed by atoms with Gasteiger partial charge in [-0.3, -0.25) is 9.79 Å². The summed E-state index contributed by atoms with van der Waals surface area (Å²) in [5, 5.41) is 3.37. The molecule has 27 heavy (non-hydrogen) atoms. The minimum Gasteiger partial charge on any atom is -0.469 e. The second-order valence-electron chi connectivity index (χ2n) is 7.24. The molecule has 0 unspecified atom stereocenters. The van der Waals surface area contributed by atoms with Crippen molar-refractivity contribution in [3.8, 4) is 0 Å². The number of rotatable bonds is 5. The van der Waals surface area contributed by atoms with Crippen molar-refractivity contribution in [1.29, 1.82) is 0 Å². The van der Waals surface area contributed by atoms with E-state index in [0.29, 0.717) is 6.54 Å². The smallest absolute Gasteiger partial charge is 0.308 e. The van der Waals surface area contributed by atoms with Gasteiger partial charge in [0, 0.05) is 25.0 Å². The number of likely N-dealkylation sites (tertiary alicyclic amines) is 1. The Kier molecular flexibility index (Phi) is 7.88. The van der Waals surface area contributed by atoms with E-state index in [-0.39, 0.29) is 47.1 Å². The molecular weight excluding hydrogens is 460 g/mol. The van der Waals surface area contributed by atoms with Gasteiger partial charge in [-0.15, -0.1) is 24.0 Å². The van der Waals surface area contributed by atoms with Crippen LogP contribution in [0.3, 0.4) is 0 Å². The Labute approximate surface area is 177 Å². The van der Waals surface area contributed by atoms with Crippen LogP contribution >= 0.6 is 24.0 Å². The van der Waals surface area contributed by atoms with E-state index in [9.17, 15) is 9.18 Å². The molecule has 1 heterocycles. The zero-order chi connectivity index (χ0) is 18.6. The number of nitrogens with one attached hydrogen (secondary N) is 1. The zero-order valence-electron chi connectivity index (χ0n) is 16.0. The average Bonchev–Trinajstić information content (AvgIpc) is 3.46. The lowest BCUT2D eigenvalue weighted by Gasteiger charge is -2.33. The van der Waals surface area contributed by atoms with Crippen molar-refractivity contribution in [3.63, 3.8) is 0 Å². The van der Waals surface area contributed by atoms with E-state index in [1.165, 1.54) is 24.8 Å². The SMILES string of the molecule is CCNC(=NCC1(c2ccc(F)cc2)CC1)N1CCC(C(=O)OC)CC1.I. The number of guanidine groups is 1. The van der Waals surface area contributed by atoms with Gasteiger partial charge in [0.2, 0.25) is 0 Å². The van der Waals surface area contributed by atoms with Crippen LogP contribution in [-0.2, 0) is 14.9 Å². The fourth-order valence-corrected chi connectivity index (χ4v) is 3.64. The second-order valence-corrected chi connectivity index (χ2v) is 7.24. The quantitative estimate of drug-likeness (QED) is 0.299. The highest BCUT2D eigenvalue weighted by molar-refractivity contribution is 14.0. The van der Waals surface area contributed by atoms with Crippen LogP contribution in [0.5, 0.6) is 0 Å². The number of methoxy groups -OCH3 is 1. The van der Waals surface area contributed by atoms with Gasteiger partial charge in [0.15, 0.2) is 5.96 Å². The van der Waals surface area contributed by atoms with E-state index in [2.05, 4.69) is 17.1 Å². The van der Waals surface area contributed by atoms with Crippen molar-refractivity contribution in [2.45, 2.75) is 38.0 Å². The third-order valence-corrected chi connectivity index (χ3v) is 5.51. The van der Waals surface area contributed by atoms with E-state index < -0.39 is 0 Å². The summed E-state index contributed by atoms with van der Waals surface area (Å²) in [5.41, 5.74) is 1.22. The fourth-order valence-electron chi connectivity index (χ4n) is 3.64. The average molecular weight is 489 g/mol. The number of carbonyl (C=O) groups excluding carboxylic acids is 1. The van der Waals surface area contributed by atoms with Gasteiger partial charge in [-0.05, 0) is 50.3 Å². The maximum atomic E-state index is 13.2. The normalized spacial score (nSPS) is 19.2. The topological polar surface area (TPSA) is 53.9 Å². The largest absolute Gasteiger partial charge is 0.469 e. The van der Waals surface area contributed by atoms with Crippen molar-refractivity contribution in [1.82, 2.24) is 10.2 Å². The number of ether oxygens (including phenoxy) is 1. The predicted molar refractivity (Wildman–Crippen MR) is 115 cm³/mol. The molecule has 1 aliphatic heterocycles. The first-order valence-corrected chi connectivity index (χ1v) is 9.45. The minimum absolute atomic E-state index is 0. The molecule has 1 aliphatic carbocycles. The molecule has 0 radical (unpaired) electrons. The summed E-state index contributed by atoms with van der Waals surface area (Å²) in [4.78, 5) is 18.8. The Morgan fingerprint density at radius 2 is 1.93 bits per heavy atom. The molecule has 1 aromatic carbocycles. The molecule has 0 aromatic heterocycles. The molecule has 2 fully saturated rings. The summed E-state index contributed by atoms with van der Waals surface area (Å²) in [5.74, 6) is 0.590. The lowest BCUT2D eigenvalue weighted by molar-refractivity contribution is -0.146. The molecule has 0 atom stereocenters. The van der Waals surface area contributed by atoms with Crippen molar-refractivity contribution < 1.29 is 13.9 Å². The van der Waals surface area contributed by atoms with Crippen molar-refractivity contribution in [2.75, 3.05) is 33.3 Å². The predicted octanol–water partition coefficient (Wildman–Crippen LogP) is 3.33. The molecule has 150 valence electrons. The van der Waals surface area contributed by atoms with E-state index in [1.54, 1.807) is 0 Å². The van der Waals surface area contributed by atoms with E-state index in [4.69, 9.17) is 9.73 Å². The van der Waals surface area contributed by atoms with Crippen molar-refractivity contribution in [2.24, 2.45) is 10.9 Å². The molecule has 0 amide bonds. The van der Waals surface area contributed by atoms with Crippen LogP contribution < -0.4 is 5.32 Å². The summed E-state index contributed by atoms with van der Waals surface area (Å²) >= 11 is 0. The van der Waals surface area contributed by atoms with Gasteiger partial charge in [0.1, 0.15) is 5.82 Å². The molecule has 1 aromatic rings. The van der Waals surface area contributed by atoms with Gasteiger partial charge in [0.25, 0.3) is 0 Å². The molecule has 0 bridgehead atoms. The third-order valence-electron chi connectivity index (χ3n) is 5.51. The first-order valence-electron chi connectivity index (χ1n) is 9.45. The van der Waals surface area contributed by atoms with E-state index in [0.717, 1.165) is 51.3 Å². The summed E-state index contributed by atoms with van der Waals surface area (Å²) in [7, 11) is 1.45. The van der Waals surface area contributed by atoms with E-state index >= 15 is 0 Å².